The summed E-state index contributed by atoms with van der Waals surface area (Å²) in [5, 5.41) is 6.99. The lowest BCUT2D eigenvalue weighted by atomic mass is 9.57. The predicted octanol–water partition coefficient (Wildman–Crippen LogP) is 2.40. The van der Waals surface area contributed by atoms with Crippen LogP contribution in [0.5, 0.6) is 0 Å². The van der Waals surface area contributed by atoms with Gasteiger partial charge in [0.2, 0.25) is 0 Å². The van der Waals surface area contributed by atoms with Crippen LogP contribution in [0, 0.1) is 17.3 Å². The highest BCUT2D eigenvalue weighted by atomic mass is 127. The Bertz CT molecular complexity index is 413. The molecule has 0 aromatic carbocycles. The van der Waals surface area contributed by atoms with Crippen molar-refractivity contribution in [1.82, 2.24) is 10.6 Å². The monoisotopic (exact) mass is 437 g/mol. The van der Waals surface area contributed by atoms with Crippen molar-refractivity contribution in [2.24, 2.45) is 22.2 Å². The van der Waals surface area contributed by atoms with Crippen molar-refractivity contribution in [2.75, 3.05) is 32.9 Å². The Morgan fingerprint density at radius 1 is 1.30 bits per heavy atom. The lowest BCUT2D eigenvalue weighted by Crippen LogP contribution is -2.68. The smallest absolute Gasteiger partial charge is 0.191 e. The summed E-state index contributed by atoms with van der Waals surface area (Å²) in [5.41, 5.74) is 0.180. The molecule has 2 N–H and O–H groups in total. The quantitative estimate of drug-likeness (QED) is 0.278. The van der Waals surface area contributed by atoms with Gasteiger partial charge in [-0.15, -0.1) is 24.0 Å². The number of nitrogens with zero attached hydrogens (tertiary/aromatic N) is 1. The lowest BCUT2D eigenvalue weighted by molar-refractivity contribution is -0.106. The fourth-order valence-corrected chi connectivity index (χ4v) is 3.84. The van der Waals surface area contributed by atoms with Crippen molar-refractivity contribution < 1.29 is 9.47 Å². The SMILES string of the molecule is CCNC(=NCCOCC1CC1)NC1C2CCOC2C1(C)C.I. The van der Waals surface area contributed by atoms with E-state index in [2.05, 4.69) is 36.4 Å². The van der Waals surface area contributed by atoms with E-state index in [1.807, 2.05) is 0 Å². The second-order valence-corrected chi connectivity index (χ2v) is 7.47. The third-order valence-electron chi connectivity index (χ3n) is 5.29. The number of hydrogen-bond acceptors (Lipinski definition) is 3. The highest BCUT2D eigenvalue weighted by Crippen LogP contribution is 2.52. The van der Waals surface area contributed by atoms with E-state index < -0.39 is 0 Å². The highest BCUT2D eigenvalue weighted by Gasteiger charge is 2.59. The van der Waals surface area contributed by atoms with Crippen LogP contribution in [0.1, 0.15) is 40.0 Å². The van der Waals surface area contributed by atoms with Gasteiger partial charge < -0.3 is 20.1 Å². The Kier molecular flexibility index (Phi) is 6.98. The summed E-state index contributed by atoms with van der Waals surface area (Å²) in [4.78, 5) is 4.66. The van der Waals surface area contributed by atoms with Gasteiger partial charge in [0.05, 0.1) is 19.3 Å². The summed E-state index contributed by atoms with van der Waals surface area (Å²) in [5.74, 6) is 2.37. The molecule has 3 aliphatic rings. The molecule has 1 aliphatic heterocycles. The van der Waals surface area contributed by atoms with Crippen LogP contribution >= 0.6 is 24.0 Å². The van der Waals surface area contributed by atoms with Crippen LogP contribution in [-0.4, -0.2) is 51.0 Å². The Labute approximate surface area is 157 Å². The molecule has 3 fully saturated rings. The molecule has 0 amide bonds. The topological polar surface area (TPSA) is 54.9 Å². The fraction of sp³-hybridized carbons (Fsp3) is 0.941. The first kappa shape index (κ1) is 19.2. The van der Waals surface area contributed by atoms with E-state index >= 15 is 0 Å². The van der Waals surface area contributed by atoms with Gasteiger partial charge in [-0.3, -0.25) is 4.99 Å². The van der Waals surface area contributed by atoms with Crippen LogP contribution < -0.4 is 10.6 Å². The predicted molar refractivity (Wildman–Crippen MR) is 103 cm³/mol. The number of aliphatic imine (C=N–C) groups is 1. The maximum atomic E-state index is 5.86. The summed E-state index contributed by atoms with van der Waals surface area (Å²) >= 11 is 0. The van der Waals surface area contributed by atoms with Gasteiger partial charge >= 0.3 is 0 Å². The summed E-state index contributed by atoms with van der Waals surface area (Å²) in [6, 6.07) is 0.449. The molecular formula is C17H32IN3O2. The minimum absolute atomic E-state index is 0. The largest absolute Gasteiger partial charge is 0.379 e. The molecule has 134 valence electrons. The third-order valence-corrected chi connectivity index (χ3v) is 5.29. The molecule has 3 unspecified atom stereocenters. The molecule has 3 atom stereocenters. The number of nitrogens with one attached hydrogen (secondary N) is 2. The van der Waals surface area contributed by atoms with Crippen LogP contribution in [0.25, 0.3) is 0 Å². The Morgan fingerprint density at radius 3 is 2.78 bits per heavy atom. The molecule has 0 aromatic heterocycles. The van der Waals surface area contributed by atoms with E-state index in [4.69, 9.17) is 9.47 Å². The second-order valence-electron chi connectivity index (χ2n) is 7.47. The van der Waals surface area contributed by atoms with Crippen LogP contribution in [0.4, 0.5) is 0 Å². The molecule has 2 aliphatic carbocycles. The summed E-state index contributed by atoms with van der Waals surface area (Å²) in [6.45, 7) is 10.8. The van der Waals surface area contributed by atoms with Crippen LogP contribution in [0.2, 0.25) is 0 Å². The number of ether oxygens (including phenoxy) is 2. The van der Waals surface area contributed by atoms with Gasteiger partial charge in [0, 0.05) is 37.1 Å². The van der Waals surface area contributed by atoms with Gasteiger partial charge in [-0.1, -0.05) is 13.8 Å². The van der Waals surface area contributed by atoms with Crippen molar-refractivity contribution in [3.8, 4) is 0 Å². The van der Waals surface area contributed by atoms with E-state index in [0.29, 0.717) is 18.1 Å². The third kappa shape index (κ3) is 4.51. The minimum atomic E-state index is 0. The zero-order valence-corrected chi connectivity index (χ0v) is 17.0. The molecule has 3 rings (SSSR count). The van der Waals surface area contributed by atoms with Crippen molar-refractivity contribution in [2.45, 2.75) is 52.2 Å². The minimum Gasteiger partial charge on any atom is -0.379 e. The zero-order valence-electron chi connectivity index (χ0n) is 14.6. The molecule has 1 heterocycles. The first-order valence-corrected chi connectivity index (χ1v) is 8.87. The Hall–Kier alpha value is -0.0800. The maximum Gasteiger partial charge on any atom is 0.191 e. The zero-order chi connectivity index (χ0) is 15.6. The molecule has 2 saturated carbocycles. The second kappa shape index (κ2) is 8.34. The molecule has 0 spiro atoms. The van der Waals surface area contributed by atoms with Gasteiger partial charge in [0.25, 0.3) is 0 Å². The van der Waals surface area contributed by atoms with Gasteiger partial charge in [-0.05, 0) is 32.1 Å². The maximum absolute atomic E-state index is 5.86. The summed E-state index contributed by atoms with van der Waals surface area (Å²) in [6.07, 6.45) is 4.26. The molecule has 0 bridgehead atoms. The molecule has 0 aromatic rings. The van der Waals surface area contributed by atoms with Crippen molar-refractivity contribution in [3.63, 3.8) is 0 Å². The average Bonchev–Trinajstić information content (AvgIpc) is 3.19. The molecule has 5 nitrogen and oxygen atoms in total. The number of fused-ring (bicyclic) bond motifs is 1. The normalized spacial score (nSPS) is 31.8. The number of guanidine groups is 1. The number of rotatable bonds is 7. The van der Waals surface area contributed by atoms with Gasteiger partial charge in [-0.25, -0.2) is 0 Å². The Balaban J connectivity index is 0.00000192. The van der Waals surface area contributed by atoms with Gasteiger partial charge in [0.15, 0.2) is 5.96 Å². The first-order chi connectivity index (χ1) is 10.6. The van der Waals surface area contributed by atoms with E-state index in [1.165, 1.54) is 12.8 Å². The average molecular weight is 437 g/mol. The van der Waals surface area contributed by atoms with E-state index in [1.54, 1.807) is 0 Å². The van der Waals surface area contributed by atoms with Gasteiger partial charge in [-0.2, -0.15) is 0 Å². The van der Waals surface area contributed by atoms with E-state index in [0.717, 1.165) is 51.2 Å². The fourth-order valence-electron chi connectivity index (χ4n) is 3.84. The lowest BCUT2D eigenvalue weighted by Gasteiger charge is -2.54. The van der Waals surface area contributed by atoms with Crippen molar-refractivity contribution >= 4 is 29.9 Å². The summed E-state index contributed by atoms with van der Waals surface area (Å²) in [7, 11) is 0. The summed E-state index contributed by atoms with van der Waals surface area (Å²) < 4.78 is 11.5. The molecular weight excluding hydrogens is 405 g/mol. The highest BCUT2D eigenvalue weighted by molar-refractivity contribution is 14.0. The van der Waals surface area contributed by atoms with Gasteiger partial charge in [0.1, 0.15) is 0 Å². The standard InChI is InChI=1S/C17H31N3O2.HI/c1-4-18-16(19-8-10-21-11-12-5-6-12)20-14-13-7-9-22-15(13)17(14,2)3;/h12-15H,4-11H2,1-3H3,(H2,18,19,20);1H. The van der Waals surface area contributed by atoms with Crippen LogP contribution in [0.15, 0.2) is 4.99 Å². The number of hydrogen-bond donors (Lipinski definition) is 2. The van der Waals surface area contributed by atoms with Crippen molar-refractivity contribution in [3.05, 3.63) is 0 Å². The Morgan fingerprint density at radius 2 is 2.09 bits per heavy atom. The van der Waals surface area contributed by atoms with E-state index in [-0.39, 0.29) is 29.4 Å². The van der Waals surface area contributed by atoms with E-state index in [9.17, 15) is 0 Å². The number of halogens is 1. The molecule has 1 saturated heterocycles. The van der Waals surface area contributed by atoms with Crippen LogP contribution in [0.3, 0.4) is 0 Å². The first-order valence-electron chi connectivity index (χ1n) is 8.87. The molecule has 0 radical (unpaired) electrons. The van der Waals surface area contributed by atoms with Crippen LogP contribution in [-0.2, 0) is 9.47 Å². The molecule has 23 heavy (non-hydrogen) atoms. The molecule has 6 heteroatoms. The van der Waals surface area contributed by atoms with Crippen molar-refractivity contribution in [1.29, 1.82) is 0 Å².